The van der Waals surface area contributed by atoms with Gasteiger partial charge in [-0.1, -0.05) is 13.3 Å². The van der Waals surface area contributed by atoms with Crippen molar-refractivity contribution in [2.24, 2.45) is 11.6 Å². The average molecular weight is 190 g/mol. The molecule has 1 atom stereocenters. The van der Waals surface area contributed by atoms with Gasteiger partial charge in [-0.2, -0.15) is 0 Å². The minimum atomic E-state index is -0.625. The third kappa shape index (κ3) is 6.51. The van der Waals surface area contributed by atoms with E-state index >= 15 is 0 Å². The number of esters is 1. The first-order valence-corrected chi connectivity index (χ1v) is 4.46. The molecule has 0 radical (unpaired) electrons. The minimum Gasteiger partial charge on any atom is -0.465 e. The maximum absolute atomic E-state index is 11.1. The van der Waals surface area contributed by atoms with Crippen molar-refractivity contribution in [1.29, 1.82) is 0 Å². The summed E-state index contributed by atoms with van der Waals surface area (Å²) in [6.07, 6.45) is 2.25. The Bertz CT molecular complexity index is 141. The molecule has 5 heteroatoms. The van der Waals surface area contributed by atoms with E-state index in [4.69, 9.17) is 16.4 Å². The summed E-state index contributed by atoms with van der Waals surface area (Å²) in [4.78, 5) is 15.4. The van der Waals surface area contributed by atoms with Gasteiger partial charge in [0.15, 0.2) is 0 Å². The molecular weight excluding hydrogens is 172 g/mol. The highest BCUT2D eigenvalue weighted by atomic mass is 16.6. The highest BCUT2D eigenvalue weighted by Gasteiger charge is 2.13. The molecule has 13 heavy (non-hydrogen) atoms. The Hall–Kier alpha value is -0.650. The van der Waals surface area contributed by atoms with Crippen LogP contribution in [-0.2, 0) is 14.4 Å². The molecule has 0 spiro atoms. The largest absolute Gasteiger partial charge is 0.465 e. The van der Waals surface area contributed by atoms with Gasteiger partial charge in [-0.25, -0.2) is 5.90 Å². The molecular formula is C8H18N2O3. The van der Waals surface area contributed by atoms with Crippen LogP contribution in [0.3, 0.4) is 0 Å². The normalized spacial score (nSPS) is 12.5. The van der Waals surface area contributed by atoms with Gasteiger partial charge < -0.3 is 15.3 Å². The van der Waals surface area contributed by atoms with Gasteiger partial charge in [-0.15, -0.1) is 0 Å². The van der Waals surface area contributed by atoms with E-state index in [1.54, 1.807) is 0 Å². The Kier molecular flexibility index (Phi) is 7.57. The molecule has 0 saturated heterocycles. The van der Waals surface area contributed by atoms with E-state index in [-0.39, 0.29) is 12.6 Å². The van der Waals surface area contributed by atoms with Crippen LogP contribution in [0.4, 0.5) is 0 Å². The summed E-state index contributed by atoms with van der Waals surface area (Å²) in [6, 6.07) is -0.625. The third-order valence-electron chi connectivity index (χ3n) is 1.59. The number of carbonyl (C=O) groups is 1. The zero-order valence-electron chi connectivity index (χ0n) is 7.99. The summed E-state index contributed by atoms with van der Waals surface area (Å²) in [7, 11) is 0. The van der Waals surface area contributed by atoms with Crippen molar-refractivity contribution in [3.05, 3.63) is 0 Å². The van der Waals surface area contributed by atoms with Gasteiger partial charge in [0.1, 0.15) is 6.04 Å². The van der Waals surface area contributed by atoms with E-state index in [1.165, 1.54) is 0 Å². The van der Waals surface area contributed by atoms with Crippen molar-refractivity contribution < 1.29 is 14.4 Å². The van der Waals surface area contributed by atoms with E-state index in [0.29, 0.717) is 13.0 Å². The van der Waals surface area contributed by atoms with Crippen LogP contribution < -0.4 is 11.6 Å². The molecule has 0 amide bonds. The lowest BCUT2D eigenvalue weighted by Gasteiger charge is -2.09. The standard InChI is InChI=1S/C8H18N2O3/c1-2-3-5-12-8(11)7(9)4-6-13-10/h7H,2-6,9-10H2,1H3/t7-/m0/s1. The summed E-state index contributed by atoms with van der Waals surface area (Å²) in [5, 5.41) is 0. The fourth-order valence-corrected chi connectivity index (χ4v) is 0.737. The minimum absolute atomic E-state index is 0.268. The summed E-state index contributed by atoms with van der Waals surface area (Å²) < 4.78 is 4.88. The van der Waals surface area contributed by atoms with Crippen LogP contribution in [0.25, 0.3) is 0 Å². The van der Waals surface area contributed by atoms with Crippen LogP contribution in [0.15, 0.2) is 0 Å². The van der Waals surface area contributed by atoms with Gasteiger partial charge in [0, 0.05) is 0 Å². The second kappa shape index (κ2) is 7.97. The molecule has 0 aliphatic heterocycles. The molecule has 0 fully saturated rings. The zero-order valence-corrected chi connectivity index (χ0v) is 7.99. The molecule has 0 rings (SSSR count). The van der Waals surface area contributed by atoms with Gasteiger partial charge in [-0.3, -0.25) is 4.79 Å². The monoisotopic (exact) mass is 190 g/mol. The molecule has 0 aliphatic rings. The Morgan fingerprint density at radius 2 is 2.15 bits per heavy atom. The number of rotatable bonds is 7. The third-order valence-corrected chi connectivity index (χ3v) is 1.59. The molecule has 78 valence electrons. The SMILES string of the molecule is CCCCOC(=O)[C@@H](N)CCON. The average Bonchev–Trinajstić information content (AvgIpc) is 2.14. The van der Waals surface area contributed by atoms with Crippen LogP contribution in [0.5, 0.6) is 0 Å². The lowest BCUT2D eigenvalue weighted by molar-refractivity contribution is -0.145. The smallest absolute Gasteiger partial charge is 0.322 e. The lowest BCUT2D eigenvalue weighted by atomic mass is 10.2. The molecule has 0 bridgehead atoms. The zero-order chi connectivity index (χ0) is 10.1. The maximum atomic E-state index is 11.1. The maximum Gasteiger partial charge on any atom is 0.322 e. The summed E-state index contributed by atoms with van der Waals surface area (Å²) in [5.41, 5.74) is 5.48. The number of hydrogen-bond donors (Lipinski definition) is 2. The van der Waals surface area contributed by atoms with E-state index in [1.807, 2.05) is 6.92 Å². The van der Waals surface area contributed by atoms with E-state index in [9.17, 15) is 4.79 Å². The Labute approximate surface area is 78.3 Å². The van der Waals surface area contributed by atoms with Crippen molar-refractivity contribution in [2.45, 2.75) is 32.2 Å². The molecule has 0 unspecified atom stereocenters. The van der Waals surface area contributed by atoms with E-state index in [0.717, 1.165) is 12.8 Å². The predicted molar refractivity (Wildman–Crippen MR) is 48.6 cm³/mol. The predicted octanol–water partition coefficient (Wildman–Crippen LogP) is -0.0626. The van der Waals surface area contributed by atoms with Crippen molar-refractivity contribution >= 4 is 5.97 Å². The molecule has 4 N–H and O–H groups in total. The summed E-state index contributed by atoms with van der Waals surface area (Å²) in [5.74, 6) is 4.41. The molecule has 0 aromatic rings. The van der Waals surface area contributed by atoms with Gasteiger partial charge >= 0.3 is 5.97 Å². The molecule has 0 aromatic carbocycles. The van der Waals surface area contributed by atoms with Crippen LogP contribution >= 0.6 is 0 Å². The van der Waals surface area contributed by atoms with Crippen LogP contribution in [0.1, 0.15) is 26.2 Å². The molecule has 0 heterocycles. The van der Waals surface area contributed by atoms with Crippen molar-refractivity contribution in [3.8, 4) is 0 Å². The molecule has 0 aliphatic carbocycles. The van der Waals surface area contributed by atoms with Gasteiger partial charge in [0.2, 0.25) is 0 Å². The Morgan fingerprint density at radius 1 is 1.46 bits per heavy atom. The van der Waals surface area contributed by atoms with Gasteiger partial charge in [0.25, 0.3) is 0 Å². The highest BCUT2D eigenvalue weighted by molar-refractivity contribution is 5.75. The molecule has 0 saturated carbocycles. The highest BCUT2D eigenvalue weighted by Crippen LogP contribution is 1.94. The van der Waals surface area contributed by atoms with Crippen molar-refractivity contribution in [1.82, 2.24) is 0 Å². The summed E-state index contributed by atoms with van der Waals surface area (Å²) in [6.45, 7) is 2.73. The Balaban J connectivity index is 3.45. The lowest BCUT2D eigenvalue weighted by Crippen LogP contribution is -2.34. The fraction of sp³-hybridized carbons (Fsp3) is 0.875. The number of ether oxygens (including phenoxy) is 1. The van der Waals surface area contributed by atoms with Gasteiger partial charge in [-0.05, 0) is 12.8 Å². The quantitative estimate of drug-likeness (QED) is 0.333. The molecule has 5 nitrogen and oxygen atoms in total. The molecule has 0 aromatic heterocycles. The first kappa shape index (κ1) is 12.3. The summed E-state index contributed by atoms with van der Waals surface area (Å²) >= 11 is 0. The first-order chi connectivity index (χ1) is 6.22. The topological polar surface area (TPSA) is 87.6 Å². The van der Waals surface area contributed by atoms with Crippen LogP contribution in [-0.4, -0.2) is 25.2 Å². The number of nitrogens with two attached hydrogens (primary N) is 2. The first-order valence-electron chi connectivity index (χ1n) is 4.46. The van der Waals surface area contributed by atoms with Gasteiger partial charge in [0.05, 0.1) is 13.2 Å². The van der Waals surface area contributed by atoms with Crippen LogP contribution in [0.2, 0.25) is 0 Å². The second-order valence-corrected chi connectivity index (χ2v) is 2.79. The van der Waals surface area contributed by atoms with Crippen molar-refractivity contribution in [3.63, 3.8) is 0 Å². The number of unbranched alkanes of at least 4 members (excludes halogenated alkanes) is 1. The Morgan fingerprint density at radius 3 is 2.69 bits per heavy atom. The van der Waals surface area contributed by atoms with E-state index < -0.39 is 6.04 Å². The second-order valence-electron chi connectivity index (χ2n) is 2.79. The fourth-order valence-electron chi connectivity index (χ4n) is 0.737. The van der Waals surface area contributed by atoms with Crippen molar-refractivity contribution in [2.75, 3.05) is 13.2 Å². The number of hydrogen-bond acceptors (Lipinski definition) is 5. The number of carbonyl (C=O) groups excluding carboxylic acids is 1. The van der Waals surface area contributed by atoms with E-state index in [2.05, 4.69) is 4.84 Å². The van der Waals surface area contributed by atoms with Crippen LogP contribution in [0, 0.1) is 0 Å².